The van der Waals surface area contributed by atoms with Crippen molar-refractivity contribution in [3.8, 4) is 11.5 Å². The number of hydrogen-bond acceptors (Lipinski definition) is 3. The number of fused-ring (bicyclic) bond motifs is 3. The fourth-order valence-electron chi connectivity index (χ4n) is 3.17. The van der Waals surface area contributed by atoms with Gasteiger partial charge in [-0.3, -0.25) is 5.32 Å². The molecule has 2 aliphatic heterocycles. The van der Waals surface area contributed by atoms with Crippen LogP contribution in [0.1, 0.15) is 28.2 Å². The van der Waals surface area contributed by atoms with Crippen LogP contribution in [0.15, 0.2) is 36.4 Å². The van der Waals surface area contributed by atoms with E-state index in [1.165, 1.54) is 22.3 Å². The largest absolute Gasteiger partial charge is 0.492 e. The summed E-state index contributed by atoms with van der Waals surface area (Å²) < 4.78 is 11.7. The van der Waals surface area contributed by atoms with Crippen LogP contribution < -0.4 is 14.8 Å². The van der Waals surface area contributed by atoms with Crippen LogP contribution in [-0.4, -0.2) is 13.3 Å². The molecule has 21 heavy (non-hydrogen) atoms. The lowest BCUT2D eigenvalue weighted by Gasteiger charge is -2.30. The van der Waals surface area contributed by atoms with Crippen molar-refractivity contribution in [2.24, 2.45) is 0 Å². The number of aryl methyl sites for hydroxylation is 1. The Morgan fingerprint density at radius 1 is 1.05 bits per heavy atom. The fourth-order valence-corrected chi connectivity index (χ4v) is 3.17. The van der Waals surface area contributed by atoms with Gasteiger partial charge in [0.2, 0.25) is 0 Å². The molecule has 2 aromatic rings. The Morgan fingerprint density at radius 3 is 2.76 bits per heavy atom. The third-order valence-corrected chi connectivity index (χ3v) is 4.37. The standard InChI is InChI=1S/C18H19NO2/c1-12-2-4-13(5-3-12)15-8-14-6-7-17-16(9-19-11-21-17)18(14)20-10-15/h2-7,15,19H,8-11H2,1H3. The fraction of sp³-hybridized carbons (Fsp3) is 0.333. The molecule has 1 N–H and O–H groups in total. The first-order valence-corrected chi connectivity index (χ1v) is 7.49. The molecule has 2 heterocycles. The summed E-state index contributed by atoms with van der Waals surface area (Å²) in [5.41, 5.74) is 5.12. The van der Waals surface area contributed by atoms with Crippen LogP contribution in [0.4, 0.5) is 0 Å². The molecular weight excluding hydrogens is 262 g/mol. The first-order chi connectivity index (χ1) is 10.3. The van der Waals surface area contributed by atoms with E-state index in [1.54, 1.807) is 0 Å². The van der Waals surface area contributed by atoms with Crippen LogP contribution in [0.2, 0.25) is 0 Å². The average Bonchev–Trinajstić information content (AvgIpc) is 2.55. The minimum atomic E-state index is 0.439. The van der Waals surface area contributed by atoms with Gasteiger partial charge in [-0.1, -0.05) is 35.9 Å². The predicted octanol–water partition coefficient (Wildman–Crippen LogP) is 3.15. The molecule has 0 fully saturated rings. The minimum absolute atomic E-state index is 0.439. The van der Waals surface area contributed by atoms with Crippen LogP contribution in [0, 0.1) is 6.92 Å². The highest BCUT2D eigenvalue weighted by molar-refractivity contribution is 5.52. The second-order valence-corrected chi connectivity index (χ2v) is 5.87. The molecule has 0 saturated heterocycles. The van der Waals surface area contributed by atoms with Crippen molar-refractivity contribution in [2.75, 3.05) is 13.3 Å². The quantitative estimate of drug-likeness (QED) is 0.871. The van der Waals surface area contributed by atoms with Crippen LogP contribution in [0.25, 0.3) is 0 Å². The maximum atomic E-state index is 6.10. The normalized spacial score (nSPS) is 20.0. The number of benzene rings is 2. The van der Waals surface area contributed by atoms with Gasteiger partial charge < -0.3 is 9.47 Å². The van der Waals surface area contributed by atoms with Crippen molar-refractivity contribution < 1.29 is 9.47 Å². The SMILES string of the molecule is Cc1ccc(C2COc3c(ccc4c3CNCO4)C2)cc1. The van der Waals surface area contributed by atoms with E-state index < -0.39 is 0 Å². The van der Waals surface area contributed by atoms with E-state index in [9.17, 15) is 0 Å². The van der Waals surface area contributed by atoms with Gasteiger partial charge in [-0.25, -0.2) is 0 Å². The van der Waals surface area contributed by atoms with Crippen molar-refractivity contribution in [1.82, 2.24) is 5.32 Å². The molecule has 3 nitrogen and oxygen atoms in total. The van der Waals surface area contributed by atoms with E-state index in [0.717, 1.165) is 31.1 Å². The Hall–Kier alpha value is -2.00. The van der Waals surface area contributed by atoms with E-state index in [1.807, 2.05) is 0 Å². The second-order valence-electron chi connectivity index (χ2n) is 5.87. The van der Waals surface area contributed by atoms with Crippen LogP contribution >= 0.6 is 0 Å². The first-order valence-electron chi connectivity index (χ1n) is 7.49. The molecule has 2 aromatic carbocycles. The van der Waals surface area contributed by atoms with E-state index in [4.69, 9.17) is 9.47 Å². The zero-order valence-corrected chi connectivity index (χ0v) is 12.2. The highest BCUT2D eigenvalue weighted by atomic mass is 16.5. The lowest BCUT2D eigenvalue weighted by atomic mass is 9.88. The molecular formula is C18H19NO2. The van der Waals surface area contributed by atoms with Gasteiger partial charge in [0.25, 0.3) is 0 Å². The van der Waals surface area contributed by atoms with Gasteiger partial charge in [-0.15, -0.1) is 0 Å². The molecule has 0 bridgehead atoms. The topological polar surface area (TPSA) is 30.5 Å². The Bertz CT molecular complexity index is 664. The lowest BCUT2D eigenvalue weighted by Crippen LogP contribution is -2.28. The predicted molar refractivity (Wildman–Crippen MR) is 81.9 cm³/mol. The third kappa shape index (κ3) is 2.28. The van der Waals surface area contributed by atoms with Gasteiger partial charge in [0.05, 0.1) is 12.2 Å². The molecule has 3 heteroatoms. The summed E-state index contributed by atoms with van der Waals surface area (Å²) in [6.45, 7) is 4.27. The Morgan fingerprint density at radius 2 is 1.90 bits per heavy atom. The number of ether oxygens (including phenoxy) is 2. The monoisotopic (exact) mass is 281 g/mol. The Labute approximate surface area is 124 Å². The minimum Gasteiger partial charge on any atom is -0.492 e. The van der Waals surface area contributed by atoms with E-state index >= 15 is 0 Å². The average molecular weight is 281 g/mol. The maximum Gasteiger partial charge on any atom is 0.139 e. The molecule has 0 radical (unpaired) electrons. The van der Waals surface area contributed by atoms with Crippen LogP contribution in [-0.2, 0) is 13.0 Å². The number of hydrogen-bond donors (Lipinski definition) is 1. The summed E-state index contributed by atoms with van der Waals surface area (Å²) >= 11 is 0. The summed E-state index contributed by atoms with van der Waals surface area (Å²) in [6, 6.07) is 13.0. The summed E-state index contributed by atoms with van der Waals surface area (Å²) in [6.07, 6.45) is 1.03. The zero-order chi connectivity index (χ0) is 14.2. The summed E-state index contributed by atoms with van der Waals surface area (Å²) in [4.78, 5) is 0. The molecule has 0 amide bonds. The molecule has 0 aliphatic carbocycles. The number of rotatable bonds is 1. The molecule has 0 saturated carbocycles. The molecule has 0 spiro atoms. The third-order valence-electron chi connectivity index (χ3n) is 4.37. The van der Waals surface area contributed by atoms with Gasteiger partial charge in [-0.05, 0) is 30.5 Å². The Kier molecular flexibility index (Phi) is 3.08. The van der Waals surface area contributed by atoms with Crippen molar-refractivity contribution in [3.63, 3.8) is 0 Å². The second kappa shape index (κ2) is 5.08. The van der Waals surface area contributed by atoms with Gasteiger partial charge in [0.1, 0.15) is 18.2 Å². The molecule has 2 aliphatic rings. The lowest BCUT2D eigenvalue weighted by molar-refractivity contribution is 0.231. The van der Waals surface area contributed by atoms with Gasteiger partial charge in [-0.2, -0.15) is 0 Å². The molecule has 0 aromatic heterocycles. The van der Waals surface area contributed by atoms with Crippen molar-refractivity contribution in [3.05, 3.63) is 58.7 Å². The van der Waals surface area contributed by atoms with Crippen molar-refractivity contribution in [1.29, 1.82) is 0 Å². The molecule has 1 unspecified atom stereocenters. The zero-order valence-electron chi connectivity index (χ0n) is 12.2. The van der Waals surface area contributed by atoms with E-state index in [0.29, 0.717) is 12.6 Å². The van der Waals surface area contributed by atoms with E-state index in [2.05, 4.69) is 48.6 Å². The van der Waals surface area contributed by atoms with E-state index in [-0.39, 0.29) is 0 Å². The molecule has 1 atom stereocenters. The molecule has 108 valence electrons. The maximum absolute atomic E-state index is 6.10. The summed E-state index contributed by atoms with van der Waals surface area (Å²) in [5, 5.41) is 3.24. The van der Waals surface area contributed by atoms with Crippen molar-refractivity contribution >= 4 is 0 Å². The van der Waals surface area contributed by atoms with Crippen LogP contribution in [0.5, 0.6) is 11.5 Å². The highest BCUT2D eigenvalue weighted by Crippen LogP contribution is 2.39. The summed E-state index contributed by atoms with van der Waals surface area (Å²) in [5.74, 6) is 2.43. The molecule has 4 rings (SSSR count). The van der Waals surface area contributed by atoms with Gasteiger partial charge in [0, 0.05) is 12.5 Å². The number of nitrogens with one attached hydrogen (secondary N) is 1. The van der Waals surface area contributed by atoms with Crippen LogP contribution in [0.3, 0.4) is 0 Å². The highest BCUT2D eigenvalue weighted by Gasteiger charge is 2.26. The summed E-state index contributed by atoms with van der Waals surface area (Å²) in [7, 11) is 0. The van der Waals surface area contributed by atoms with Gasteiger partial charge in [0.15, 0.2) is 0 Å². The van der Waals surface area contributed by atoms with Gasteiger partial charge >= 0.3 is 0 Å². The Balaban J connectivity index is 1.65. The first kappa shape index (κ1) is 12.7. The van der Waals surface area contributed by atoms with Crippen molar-refractivity contribution in [2.45, 2.75) is 25.8 Å². The smallest absolute Gasteiger partial charge is 0.139 e.